The number of fused-ring (bicyclic) bond motifs is 1. The van der Waals surface area contributed by atoms with Gasteiger partial charge >= 0.3 is 0 Å². The Morgan fingerprint density at radius 3 is 2.56 bits per heavy atom. The number of anilines is 2. The minimum absolute atomic E-state index is 0.0651. The lowest BCUT2D eigenvalue weighted by atomic mass is 10.1. The van der Waals surface area contributed by atoms with Crippen LogP contribution in [-0.2, 0) is 23.0 Å². The van der Waals surface area contributed by atoms with E-state index in [0.717, 1.165) is 30.8 Å². The molecule has 0 spiro atoms. The number of sulfonamides is 1. The van der Waals surface area contributed by atoms with Crippen LogP contribution in [0.2, 0.25) is 0 Å². The van der Waals surface area contributed by atoms with Gasteiger partial charge in [0.15, 0.2) is 0 Å². The summed E-state index contributed by atoms with van der Waals surface area (Å²) in [5, 5.41) is 2.93. The highest BCUT2D eigenvalue weighted by atomic mass is 32.2. The van der Waals surface area contributed by atoms with Gasteiger partial charge in [-0.2, -0.15) is 0 Å². The molecule has 3 aromatic rings. The number of aryl methyl sites for hydroxylation is 1. The third-order valence-electron chi connectivity index (χ3n) is 5.79. The zero-order valence-corrected chi connectivity index (χ0v) is 19.1. The summed E-state index contributed by atoms with van der Waals surface area (Å²) in [4.78, 5) is 15.3. The minimum Gasteiger partial charge on any atom is -0.371 e. The quantitative estimate of drug-likeness (QED) is 0.569. The smallest absolute Gasteiger partial charge is 0.255 e. The van der Waals surface area contributed by atoms with Crippen LogP contribution in [-0.4, -0.2) is 27.4 Å². The second kappa shape index (κ2) is 9.14. The van der Waals surface area contributed by atoms with Gasteiger partial charge in [0.2, 0.25) is 10.0 Å². The normalized spacial score (nSPS) is 13.1. The zero-order chi connectivity index (χ0) is 22.7. The van der Waals surface area contributed by atoms with Gasteiger partial charge in [0.05, 0.1) is 4.90 Å². The molecule has 6 nitrogen and oxygen atoms in total. The molecule has 0 fully saturated rings. The summed E-state index contributed by atoms with van der Waals surface area (Å²) in [5.74, 6) is -0.330. The number of hydrogen-bond acceptors (Lipinski definition) is 4. The van der Waals surface area contributed by atoms with E-state index in [1.54, 1.807) is 13.0 Å². The largest absolute Gasteiger partial charge is 0.371 e. The van der Waals surface area contributed by atoms with Crippen molar-refractivity contribution in [3.05, 3.63) is 89.0 Å². The fraction of sp³-hybridized carbons (Fsp3) is 0.240. The number of benzene rings is 3. The molecule has 32 heavy (non-hydrogen) atoms. The first-order valence-electron chi connectivity index (χ1n) is 10.7. The van der Waals surface area contributed by atoms with Crippen molar-refractivity contribution in [2.24, 2.45) is 0 Å². The molecule has 0 atom stereocenters. The Balaban J connectivity index is 1.53. The number of hydrogen-bond donors (Lipinski definition) is 2. The van der Waals surface area contributed by atoms with E-state index in [9.17, 15) is 13.2 Å². The topological polar surface area (TPSA) is 78.5 Å². The number of likely N-dealkylation sites (N-methyl/N-ethyl adjacent to an activating group) is 1. The van der Waals surface area contributed by atoms with Crippen molar-refractivity contribution in [1.82, 2.24) is 4.72 Å². The van der Waals surface area contributed by atoms with E-state index < -0.39 is 10.0 Å². The van der Waals surface area contributed by atoms with Crippen LogP contribution >= 0.6 is 0 Å². The van der Waals surface area contributed by atoms with Crippen LogP contribution in [0.3, 0.4) is 0 Å². The van der Waals surface area contributed by atoms with Crippen molar-refractivity contribution in [2.75, 3.05) is 23.3 Å². The molecule has 4 rings (SSSR count). The number of carbonyl (C=O) groups excluding carboxylic acids is 1. The molecule has 2 N–H and O–H groups in total. The van der Waals surface area contributed by atoms with E-state index in [2.05, 4.69) is 21.9 Å². The van der Waals surface area contributed by atoms with E-state index in [4.69, 9.17) is 0 Å². The molecule has 166 valence electrons. The number of rotatable bonds is 7. The van der Waals surface area contributed by atoms with Gasteiger partial charge < -0.3 is 10.2 Å². The number of amides is 1. The van der Waals surface area contributed by atoms with Crippen molar-refractivity contribution < 1.29 is 13.2 Å². The Labute approximate surface area is 189 Å². The van der Waals surface area contributed by atoms with E-state index in [1.807, 2.05) is 48.5 Å². The summed E-state index contributed by atoms with van der Waals surface area (Å²) in [6.45, 7) is 5.99. The molecular weight excluding hydrogens is 422 g/mol. The second-order valence-corrected chi connectivity index (χ2v) is 9.68. The maximum atomic E-state index is 13.0. The molecule has 1 amide bonds. The summed E-state index contributed by atoms with van der Waals surface area (Å²) in [7, 11) is -3.76. The Bertz CT molecular complexity index is 1240. The Kier molecular flexibility index (Phi) is 6.30. The van der Waals surface area contributed by atoms with Gasteiger partial charge in [-0.25, -0.2) is 13.1 Å². The fourth-order valence-corrected chi connectivity index (χ4v) is 4.96. The molecule has 0 aromatic heterocycles. The van der Waals surface area contributed by atoms with Crippen LogP contribution in [0.5, 0.6) is 0 Å². The van der Waals surface area contributed by atoms with Gasteiger partial charge in [0.1, 0.15) is 0 Å². The van der Waals surface area contributed by atoms with Crippen LogP contribution < -0.4 is 14.9 Å². The first-order chi connectivity index (χ1) is 15.4. The lowest BCUT2D eigenvalue weighted by molar-refractivity contribution is 0.102. The summed E-state index contributed by atoms with van der Waals surface area (Å²) in [6.07, 6.45) is 1.01. The van der Waals surface area contributed by atoms with Gasteiger partial charge in [-0.1, -0.05) is 42.5 Å². The third kappa shape index (κ3) is 4.69. The van der Waals surface area contributed by atoms with E-state index in [0.29, 0.717) is 16.8 Å². The molecule has 3 aromatic carbocycles. The predicted octanol–water partition coefficient (Wildman–Crippen LogP) is 4.11. The molecule has 7 heteroatoms. The van der Waals surface area contributed by atoms with E-state index in [-0.39, 0.29) is 17.3 Å². The molecule has 1 aliphatic heterocycles. The maximum absolute atomic E-state index is 13.0. The fourth-order valence-electron chi connectivity index (χ4n) is 3.92. The number of carbonyl (C=O) groups is 1. The monoisotopic (exact) mass is 449 g/mol. The Morgan fingerprint density at radius 1 is 1.03 bits per heavy atom. The van der Waals surface area contributed by atoms with Crippen LogP contribution in [0.25, 0.3) is 0 Å². The average Bonchev–Trinajstić information content (AvgIpc) is 3.21. The standard InChI is InChI=1S/C25H27N3O3S/c1-3-28-14-13-20-10-11-21(15-24(20)28)27-25(29)23-16-22(12-9-18(23)2)32(30,31)26-17-19-7-5-4-6-8-19/h4-12,15-16,26H,3,13-14,17H2,1-2H3,(H,27,29). The SMILES string of the molecule is CCN1CCc2ccc(NC(=O)c3cc(S(=O)(=O)NCc4ccccc4)ccc3C)cc21. The maximum Gasteiger partial charge on any atom is 0.255 e. The van der Waals surface area contributed by atoms with Crippen molar-refractivity contribution in [3.63, 3.8) is 0 Å². The molecule has 1 aliphatic rings. The van der Waals surface area contributed by atoms with Crippen LogP contribution in [0.1, 0.15) is 34.0 Å². The molecular formula is C25H27N3O3S. The van der Waals surface area contributed by atoms with Crippen molar-refractivity contribution in [2.45, 2.75) is 31.7 Å². The van der Waals surface area contributed by atoms with Gasteiger partial charge in [0, 0.05) is 36.6 Å². The Morgan fingerprint density at radius 2 is 1.81 bits per heavy atom. The van der Waals surface area contributed by atoms with Gasteiger partial charge in [-0.15, -0.1) is 0 Å². The highest BCUT2D eigenvalue weighted by molar-refractivity contribution is 7.89. The molecule has 0 bridgehead atoms. The average molecular weight is 450 g/mol. The highest BCUT2D eigenvalue weighted by Gasteiger charge is 2.20. The van der Waals surface area contributed by atoms with E-state index in [1.165, 1.54) is 17.7 Å². The molecule has 0 radical (unpaired) electrons. The van der Waals surface area contributed by atoms with Crippen molar-refractivity contribution in [3.8, 4) is 0 Å². The summed E-state index contributed by atoms with van der Waals surface area (Å²) in [6, 6.07) is 19.8. The van der Waals surface area contributed by atoms with Crippen molar-refractivity contribution in [1.29, 1.82) is 0 Å². The van der Waals surface area contributed by atoms with E-state index >= 15 is 0 Å². The highest BCUT2D eigenvalue weighted by Crippen LogP contribution is 2.31. The lowest BCUT2D eigenvalue weighted by Crippen LogP contribution is -2.24. The number of nitrogens with zero attached hydrogens (tertiary/aromatic N) is 1. The summed E-state index contributed by atoms with van der Waals surface area (Å²) in [5.41, 5.74) is 5.02. The zero-order valence-electron chi connectivity index (χ0n) is 18.3. The molecule has 1 heterocycles. The van der Waals surface area contributed by atoms with Crippen LogP contribution in [0.15, 0.2) is 71.6 Å². The lowest BCUT2D eigenvalue weighted by Gasteiger charge is -2.17. The summed E-state index contributed by atoms with van der Waals surface area (Å²) < 4.78 is 28.2. The first kappa shape index (κ1) is 22.0. The second-order valence-electron chi connectivity index (χ2n) is 7.91. The predicted molar refractivity (Wildman–Crippen MR) is 128 cm³/mol. The van der Waals surface area contributed by atoms with Gasteiger partial charge in [-0.05, 0) is 61.2 Å². The molecule has 0 aliphatic carbocycles. The van der Waals surface area contributed by atoms with Crippen LogP contribution in [0, 0.1) is 6.92 Å². The molecule has 0 unspecified atom stereocenters. The Hall–Kier alpha value is -3.16. The van der Waals surface area contributed by atoms with Crippen molar-refractivity contribution >= 4 is 27.3 Å². The molecule has 0 saturated carbocycles. The van der Waals surface area contributed by atoms with Gasteiger partial charge in [0.25, 0.3) is 5.91 Å². The molecule has 0 saturated heterocycles. The minimum atomic E-state index is -3.76. The summed E-state index contributed by atoms with van der Waals surface area (Å²) >= 11 is 0. The van der Waals surface area contributed by atoms with Gasteiger partial charge in [-0.3, -0.25) is 4.79 Å². The first-order valence-corrected chi connectivity index (χ1v) is 12.2. The third-order valence-corrected chi connectivity index (χ3v) is 7.19. The number of nitrogens with one attached hydrogen (secondary N) is 2. The van der Waals surface area contributed by atoms with Crippen LogP contribution in [0.4, 0.5) is 11.4 Å².